The van der Waals surface area contributed by atoms with Gasteiger partial charge in [0.2, 0.25) is 17.6 Å². The number of nitrogens with zero attached hydrogens (tertiary/aromatic N) is 3. The molecule has 0 aromatic heterocycles. The van der Waals surface area contributed by atoms with E-state index in [4.69, 9.17) is 14.2 Å². The highest BCUT2D eigenvalue weighted by molar-refractivity contribution is 5.94. The molecule has 236 valence electrons. The van der Waals surface area contributed by atoms with E-state index in [1.165, 1.54) is 0 Å². The lowest BCUT2D eigenvalue weighted by Crippen LogP contribution is -2.41. The monoisotopic (exact) mass is 601 g/mol. The molecule has 0 saturated carbocycles. The van der Waals surface area contributed by atoms with Crippen molar-refractivity contribution >= 4 is 17.5 Å². The molecule has 1 aliphatic rings. The molecule has 3 aromatic rings. The van der Waals surface area contributed by atoms with Crippen molar-refractivity contribution in [2.45, 2.75) is 58.5 Å². The number of methoxy groups -OCH3 is 3. The van der Waals surface area contributed by atoms with Gasteiger partial charge < -0.3 is 24.0 Å². The molecule has 3 aromatic carbocycles. The third-order valence-electron chi connectivity index (χ3n) is 8.38. The molecule has 1 aliphatic heterocycles. The largest absolute Gasteiger partial charge is 0.493 e. The van der Waals surface area contributed by atoms with E-state index in [2.05, 4.69) is 30.9 Å². The van der Waals surface area contributed by atoms with Gasteiger partial charge in [-0.1, -0.05) is 54.6 Å². The van der Waals surface area contributed by atoms with Gasteiger partial charge >= 0.3 is 0 Å². The van der Waals surface area contributed by atoms with Crippen molar-refractivity contribution in [2.24, 2.45) is 0 Å². The fraction of sp³-hybridized carbons (Fsp3) is 0.444. The maximum atomic E-state index is 13.9. The molecule has 0 N–H and O–H groups in total. The van der Waals surface area contributed by atoms with E-state index in [0.29, 0.717) is 68.6 Å². The van der Waals surface area contributed by atoms with Crippen molar-refractivity contribution in [3.05, 3.63) is 83.4 Å². The molecule has 0 bridgehead atoms. The van der Waals surface area contributed by atoms with E-state index in [1.54, 1.807) is 21.3 Å². The van der Waals surface area contributed by atoms with E-state index in [0.717, 1.165) is 41.9 Å². The Morgan fingerprint density at radius 2 is 1.43 bits per heavy atom. The maximum Gasteiger partial charge on any atom is 0.227 e. The molecule has 8 nitrogen and oxygen atoms in total. The van der Waals surface area contributed by atoms with Crippen LogP contribution < -0.4 is 19.1 Å². The standard InChI is InChI=1S/C36H47N3O5/c1-27(2)37-22-11-23-39(34(41)20-16-28-12-7-6-8-13-28)31-15-10-9-14-30(31)26-38(25-24-37)33(40)21-18-29-17-19-32(42-3)36(44-5)35(29)43-4/h6-10,12-15,17,19,27H,11,16,18,20-26H2,1-5H3. The number of rotatable bonds is 10. The maximum absolute atomic E-state index is 13.9. The minimum absolute atomic E-state index is 0.0570. The highest BCUT2D eigenvalue weighted by atomic mass is 16.5. The van der Waals surface area contributed by atoms with Crippen LogP contribution in [-0.4, -0.2) is 75.2 Å². The topological polar surface area (TPSA) is 71.6 Å². The number of anilines is 1. The SMILES string of the molecule is COc1ccc(CCC(=O)N2CCN(C(C)C)CCCN(C(=O)CCc3ccccc3)c3ccccc3C2)c(OC)c1OC. The van der Waals surface area contributed by atoms with Gasteiger partial charge in [-0.05, 0) is 61.9 Å². The zero-order valence-corrected chi connectivity index (χ0v) is 26.9. The second-order valence-electron chi connectivity index (χ2n) is 11.5. The molecule has 0 unspecified atom stereocenters. The Morgan fingerprint density at radius 3 is 2.14 bits per heavy atom. The molecule has 44 heavy (non-hydrogen) atoms. The smallest absolute Gasteiger partial charge is 0.227 e. The van der Waals surface area contributed by atoms with Crippen LogP contribution in [0.25, 0.3) is 0 Å². The lowest BCUT2D eigenvalue weighted by atomic mass is 10.1. The van der Waals surface area contributed by atoms with Crippen LogP contribution in [0, 0.1) is 0 Å². The zero-order valence-electron chi connectivity index (χ0n) is 26.9. The molecule has 0 aliphatic carbocycles. The summed E-state index contributed by atoms with van der Waals surface area (Å²) in [5.74, 6) is 1.85. The predicted molar refractivity (Wildman–Crippen MR) is 175 cm³/mol. The molecule has 8 heteroatoms. The van der Waals surface area contributed by atoms with Crippen LogP contribution >= 0.6 is 0 Å². The zero-order chi connectivity index (χ0) is 31.5. The van der Waals surface area contributed by atoms with Gasteiger partial charge in [-0.3, -0.25) is 14.5 Å². The van der Waals surface area contributed by atoms with E-state index >= 15 is 0 Å². The van der Waals surface area contributed by atoms with Gasteiger partial charge in [0, 0.05) is 57.3 Å². The van der Waals surface area contributed by atoms with Gasteiger partial charge in [0.25, 0.3) is 0 Å². The number of amides is 2. The molecule has 0 spiro atoms. The summed E-state index contributed by atoms with van der Waals surface area (Å²) in [6, 6.07) is 22.3. The summed E-state index contributed by atoms with van der Waals surface area (Å²) in [5.41, 5.74) is 3.91. The molecule has 0 saturated heterocycles. The average Bonchev–Trinajstić information content (AvgIpc) is 3.08. The Balaban J connectivity index is 1.58. The average molecular weight is 602 g/mol. The third kappa shape index (κ3) is 8.32. The van der Waals surface area contributed by atoms with Crippen LogP contribution in [0.4, 0.5) is 5.69 Å². The number of fused-ring (bicyclic) bond motifs is 1. The third-order valence-corrected chi connectivity index (χ3v) is 8.38. The summed E-state index contributed by atoms with van der Waals surface area (Å²) in [5, 5.41) is 0. The van der Waals surface area contributed by atoms with Gasteiger partial charge in [0.1, 0.15) is 0 Å². The minimum atomic E-state index is 0.0570. The molecular weight excluding hydrogens is 554 g/mol. The summed E-state index contributed by atoms with van der Waals surface area (Å²) in [6.45, 7) is 7.68. The number of ether oxygens (including phenoxy) is 3. The molecule has 0 radical (unpaired) electrons. The molecule has 0 atom stereocenters. The molecule has 4 rings (SSSR count). The van der Waals surface area contributed by atoms with Crippen LogP contribution in [0.2, 0.25) is 0 Å². The second-order valence-corrected chi connectivity index (χ2v) is 11.5. The first-order valence-electron chi connectivity index (χ1n) is 15.6. The fourth-order valence-corrected chi connectivity index (χ4v) is 5.88. The number of carbonyl (C=O) groups is 2. The van der Waals surface area contributed by atoms with E-state index in [1.807, 2.05) is 64.4 Å². The summed E-state index contributed by atoms with van der Waals surface area (Å²) < 4.78 is 16.6. The van der Waals surface area contributed by atoms with Crippen molar-refractivity contribution in [2.75, 3.05) is 52.4 Å². The Kier molecular flexibility index (Phi) is 12.1. The second kappa shape index (κ2) is 16.1. The molecular formula is C36H47N3O5. The van der Waals surface area contributed by atoms with Gasteiger partial charge in [-0.25, -0.2) is 0 Å². The van der Waals surface area contributed by atoms with Crippen molar-refractivity contribution in [1.82, 2.24) is 9.80 Å². The first-order valence-corrected chi connectivity index (χ1v) is 15.6. The number of hydrogen-bond acceptors (Lipinski definition) is 6. The van der Waals surface area contributed by atoms with E-state index < -0.39 is 0 Å². The van der Waals surface area contributed by atoms with E-state index in [-0.39, 0.29) is 11.8 Å². The predicted octanol–water partition coefficient (Wildman–Crippen LogP) is 5.75. The number of hydrogen-bond donors (Lipinski definition) is 0. The Labute approximate surface area is 262 Å². The fourth-order valence-electron chi connectivity index (χ4n) is 5.88. The highest BCUT2D eigenvalue weighted by Crippen LogP contribution is 2.40. The lowest BCUT2D eigenvalue weighted by molar-refractivity contribution is -0.132. The summed E-state index contributed by atoms with van der Waals surface area (Å²) >= 11 is 0. The number of benzene rings is 3. The first kappa shape index (κ1) is 32.9. The van der Waals surface area contributed by atoms with Crippen LogP contribution in [0.1, 0.15) is 49.8 Å². The van der Waals surface area contributed by atoms with Gasteiger partial charge in [0.05, 0.1) is 21.3 Å². The van der Waals surface area contributed by atoms with Crippen LogP contribution in [0.15, 0.2) is 66.7 Å². The minimum Gasteiger partial charge on any atom is -0.493 e. The molecule has 1 heterocycles. The Bertz CT molecular complexity index is 1380. The molecule has 2 amide bonds. The normalized spacial score (nSPS) is 14.5. The van der Waals surface area contributed by atoms with Crippen LogP contribution in [0.5, 0.6) is 17.2 Å². The van der Waals surface area contributed by atoms with Crippen LogP contribution in [0.3, 0.4) is 0 Å². The van der Waals surface area contributed by atoms with Gasteiger partial charge in [0.15, 0.2) is 11.5 Å². The van der Waals surface area contributed by atoms with Crippen molar-refractivity contribution in [1.29, 1.82) is 0 Å². The van der Waals surface area contributed by atoms with Crippen LogP contribution in [-0.2, 0) is 29.0 Å². The first-order chi connectivity index (χ1) is 21.4. The lowest BCUT2D eigenvalue weighted by Gasteiger charge is -2.30. The van der Waals surface area contributed by atoms with Crippen molar-refractivity contribution in [3.63, 3.8) is 0 Å². The Hall–Kier alpha value is -4.04. The number of carbonyl (C=O) groups excluding carboxylic acids is 2. The summed E-state index contributed by atoms with van der Waals surface area (Å²) in [7, 11) is 4.77. The van der Waals surface area contributed by atoms with Crippen molar-refractivity contribution < 1.29 is 23.8 Å². The highest BCUT2D eigenvalue weighted by Gasteiger charge is 2.25. The van der Waals surface area contributed by atoms with E-state index in [9.17, 15) is 9.59 Å². The quantitative estimate of drug-likeness (QED) is 0.295. The van der Waals surface area contributed by atoms with Gasteiger partial charge in [-0.2, -0.15) is 0 Å². The summed E-state index contributed by atoms with van der Waals surface area (Å²) in [6.07, 6.45) is 2.80. The summed E-state index contributed by atoms with van der Waals surface area (Å²) in [4.78, 5) is 33.9. The van der Waals surface area contributed by atoms with Crippen molar-refractivity contribution in [3.8, 4) is 17.2 Å². The number of aryl methyl sites for hydroxylation is 2. The van der Waals surface area contributed by atoms with Gasteiger partial charge in [-0.15, -0.1) is 0 Å². The number of para-hydroxylation sites is 1. The molecule has 0 fully saturated rings. The Morgan fingerprint density at radius 1 is 0.727 bits per heavy atom.